The average Bonchev–Trinajstić information content (AvgIpc) is 2.93. The second kappa shape index (κ2) is 10.4. The normalized spacial score (nSPS) is 20.3. The molecule has 7 nitrogen and oxygen atoms in total. The Hall–Kier alpha value is -2.84. The zero-order valence-electron chi connectivity index (χ0n) is 18.6. The summed E-state index contributed by atoms with van der Waals surface area (Å²) >= 11 is 0. The molecule has 1 spiro atoms. The molecule has 1 atom stereocenters. The van der Waals surface area contributed by atoms with Crippen molar-refractivity contribution in [3.63, 3.8) is 0 Å². The molecule has 0 aromatic heterocycles. The van der Waals surface area contributed by atoms with Gasteiger partial charge in [-0.15, -0.1) is 12.4 Å². The molecule has 2 aliphatic heterocycles. The van der Waals surface area contributed by atoms with Crippen molar-refractivity contribution in [3.8, 4) is 11.5 Å². The van der Waals surface area contributed by atoms with E-state index in [0.717, 1.165) is 12.0 Å². The van der Waals surface area contributed by atoms with Crippen molar-refractivity contribution in [2.75, 3.05) is 33.2 Å². The van der Waals surface area contributed by atoms with E-state index in [1.165, 1.54) is 18.2 Å². The van der Waals surface area contributed by atoms with Crippen molar-refractivity contribution >= 4 is 24.4 Å². The van der Waals surface area contributed by atoms with Gasteiger partial charge in [0, 0.05) is 26.6 Å². The van der Waals surface area contributed by atoms with Crippen molar-refractivity contribution in [2.45, 2.75) is 31.3 Å². The molecular weight excluding hydrogens is 449 g/mol. The van der Waals surface area contributed by atoms with Crippen LogP contribution in [0.2, 0.25) is 0 Å². The average molecular weight is 478 g/mol. The number of hydrogen-bond acceptors (Lipinski definition) is 5. The second-order valence-corrected chi connectivity index (χ2v) is 8.48. The maximum absolute atomic E-state index is 14.6. The predicted molar refractivity (Wildman–Crippen MR) is 125 cm³/mol. The summed E-state index contributed by atoms with van der Waals surface area (Å²) in [6.07, 6.45) is 2.33. The third-order valence-electron chi connectivity index (χ3n) is 6.09. The topological polar surface area (TPSA) is 85.1 Å². The lowest BCUT2D eigenvalue weighted by molar-refractivity contribution is 0.0438. The highest BCUT2D eigenvalue weighted by molar-refractivity contribution is 5.95. The van der Waals surface area contributed by atoms with E-state index >= 15 is 0 Å². The molecule has 33 heavy (non-hydrogen) atoms. The Morgan fingerprint density at radius 3 is 2.55 bits per heavy atom. The summed E-state index contributed by atoms with van der Waals surface area (Å²) in [6, 6.07) is 11.7. The first-order valence-corrected chi connectivity index (χ1v) is 10.9. The third kappa shape index (κ3) is 5.57. The molecule has 2 fully saturated rings. The molecule has 0 saturated carbocycles. The minimum atomic E-state index is -0.591. The van der Waals surface area contributed by atoms with Gasteiger partial charge >= 0.3 is 6.09 Å². The molecule has 2 N–H and O–H groups in total. The van der Waals surface area contributed by atoms with Gasteiger partial charge in [0.25, 0.3) is 5.91 Å². The summed E-state index contributed by atoms with van der Waals surface area (Å²) in [7, 11) is 1.71. The van der Waals surface area contributed by atoms with Crippen LogP contribution in [-0.2, 0) is 11.2 Å². The van der Waals surface area contributed by atoms with Gasteiger partial charge in [0.15, 0.2) is 0 Å². The molecule has 1 unspecified atom stereocenters. The fraction of sp³-hybridized carbons (Fsp3) is 0.417. The number of ether oxygens (including phenoxy) is 2. The Morgan fingerprint density at radius 2 is 1.88 bits per heavy atom. The second-order valence-electron chi connectivity index (χ2n) is 8.48. The van der Waals surface area contributed by atoms with E-state index in [0.29, 0.717) is 56.9 Å². The Morgan fingerprint density at radius 1 is 1.15 bits per heavy atom. The van der Waals surface area contributed by atoms with Crippen molar-refractivity contribution in [1.29, 1.82) is 0 Å². The number of likely N-dealkylation sites (N-methyl/N-ethyl adjacent to an activating group) is 1. The van der Waals surface area contributed by atoms with E-state index < -0.39 is 11.4 Å². The number of benzene rings is 2. The molecule has 2 aromatic rings. The summed E-state index contributed by atoms with van der Waals surface area (Å²) in [5, 5.41) is 0. The quantitative estimate of drug-likeness (QED) is 0.703. The minimum absolute atomic E-state index is 0. The number of rotatable bonds is 5. The van der Waals surface area contributed by atoms with Crippen LogP contribution in [0.4, 0.5) is 9.18 Å². The van der Waals surface area contributed by atoms with Crippen LogP contribution in [0, 0.1) is 5.82 Å². The number of carbonyl (C=O) groups is 2. The first-order chi connectivity index (χ1) is 15.4. The van der Waals surface area contributed by atoms with Gasteiger partial charge < -0.3 is 25.0 Å². The lowest BCUT2D eigenvalue weighted by Gasteiger charge is -2.25. The molecular formula is C24H29ClFN3O4. The summed E-state index contributed by atoms with van der Waals surface area (Å²) in [5.41, 5.74) is 6.08. The monoisotopic (exact) mass is 477 g/mol. The zero-order valence-corrected chi connectivity index (χ0v) is 19.4. The largest absolute Gasteiger partial charge is 0.457 e. The molecule has 2 heterocycles. The summed E-state index contributed by atoms with van der Waals surface area (Å²) in [5.74, 6) is 0.00577. The first-order valence-electron chi connectivity index (χ1n) is 10.9. The van der Waals surface area contributed by atoms with Crippen molar-refractivity contribution < 1.29 is 23.5 Å². The number of nitrogens with zero attached hydrogens (tertiary/aromatic N) is 2. The molecule has 2 amide bonds. The maximum Gasteiger partial charge on any atom is 0.410 e. The number of hydrogen-bond donors (Lipinski definition) is 1. The standard InChI is InChI=1S/C24H28FN3O4.ClH/c1-27-16-24(32-23(27)30)10-2-13-28(14-11-24)22(29)20-15-19(7-8-21(20)25)31-18-5-3-17(4-6-18)9-12-26;/h3-8,15H,2,9-14,16,26H2,1H3;1H. The van der Waals surface area contributed by atoms with Gasteiger partial charge in [-0.2, -0.15) is 0 Å². The molecule has 2 aromatic carbocycles. The van der Waals surface area contributed by atoms with Crippen molar-refractivity contribution in [3.05, 3.63) is 59.4 Å². The van der Waals surface area contributed by atoms with Gasteiger partial charge in [0.1, 0.15) is 22.9 Å². The molecule has 0 aliphatic carbocycles. The number of carbonyl (C=O) groups excluding carboxylic acids is 2. The number of nitrogens with two attached hydrogens (primary N) is 1. The Bertz CT molecular complexity index is 1000. The first kappa shape index (κ1) is 24.8. The van der Waals surface area contributed by atoms with E-state index in [9.17, 15) is 14.0 Å². The van der Waals surface area contributed by atoms with Crippen LogP contribution < -0.4 is 10.5 Å². The summed E-state index contributed by atoms with van der Waals surface area (Å²) in [4.78, 5) is 28.1. The summed E-state index contributed by atoms with van der Waals surface area (Å²) < 4.78 is 26.0. The number of likely N-dealkylation sites (tertiary alicyclic amines) is 1. The van der Waals surface area contributed by atoms with Crippen LogP contribution in [-0.4, -0.2) is 60.6 Å². The molecule has 2 saturated heterocycles. The lowest BCUT2D eigenvalue weighted by atomic mass is 9.95. The fourth-order valence-corrected chi connectivity index (χ4v) is 4.35. The van der Waals surface area contributed by atoms with Gasteiger partial charge in [-0.1, -0.05) is 12.1 Å². The van der Waals surface area contributed by atoms with Crippen LogP contribution in [0.15, 0.2) is 42.5 Å². The molecule has 0 bridgehead atoms. The Balaban J connectivity index is 0.00000306. The molecule has 178 valence electrons. The van der Waals surface area contributed by atoms with Crippen LogP contribution in [0.1, 0.15) is 35.2 Å². The van der Waals surface area contributed by atoms with Gasteiger partial charge in [-0.05, 0) is 61.7 Å². The van der Waals surface area contributed by atoms with Gasteiger partial charge in [0.2, 0.25) is 0 Å². The Labute approximate surface area is 199 Å². The highest BCUT2D eigenvalue weighted by Crippen LogP contribution is 2.33. The summed E-state index contributed by atoms with van der Waals surface area (Å²) in [6.45, 7) is 1.96. The third-order valence-corrected chi connectivity index (χ3v) is 6.09. The zero-order chi connectivity index (χ0) is 22.7. The molecule has 9 heteroatoms. The van der Waals surface area contributed by atoms with E-state index in [2.05, 4.69) is 0 Å². The number of halogens is 2. The Kier molecular flexibility index (Phi) is 7.81. The van der Waals surface area contributed by atoms with E-state index in [1.54, 1.807) is 16.8 Å². The van der Waals surface area contributed by atoms with Gasteiger partial charge in [-0.3, -0.25) is 4.79 Å². The van der Waals surface area contributed by atoms with Crippen LogP contribution in [0.5, 0.6) is 11.5 Å². The fourth-order valence-electron chi connectivity index (χ4n) is 4.35. The van der Waals surface area contributed by atoms with Gasteiger partial charge in [-0.25, -0.2) is 9.18 Å². The molecule has 0 radical (unpaired) electrons. The predicted octanol–water partition coefficient (Wildman–Crippen LogP) is 3.99. The minimum Gasteiger partial charge on any atom is -0.457 e. The van der Waals surface area contributed by atoms with E-state index in [4.69, 9.17) is 15.2 Å². The van der Waals surface area contributed by atoms with E-state index in [1.807, 2.05) is 24.3 Å². The van der Waals surface area contributed by atoms with Crippen LogP contribution in [0.25, 0.3) is 0 Å². The van der Waals surface area contributed by atoms with Crippen molar-refractivity contribution in [2.24, 2.45) is 5.73 Å². The van der Waals surface area contributed by atoms with E-state index in [-0.39, 0.29) is 30.0 Å². The molecule has 2 aliphatic rings. The lowest BCUT2D eigenvalue weighted by Crippen LogP contribution is -2.37. The maximum atomic E-state index is 14.6. The smallest absolute Gasteiger partial charge is 0.410 e. The van der Waals surface area contributed by atoms with Gasteiger partial charge in [0.05, 0.1) is 12.1 Å². The van der Waals surface area contributed by atoms with Crippen LogP contribution >= 0.6 is 12.4 Å². The highest BCUT2D eigenvalue weighted by Gasteiger charge is 2.44. The van der Waals surface area contributed by atoms with Crippen molar-refractivity contribution in [1.82, 2.24) is 9.80 Å². The SMILES string of the molecule is CN1CC2(CCCN(C(=O)c3cc(Oc4ccc(CCN)cc4)ccc3F)CC2)OC1=O.Cl. The molecule has 4 rings (SSSR count). The number of amides is 2. The highest BCUT2D eigenvalue weighted by atomic mass is 35.5. The van der Waals surface area contributed by atoms with Crippen LogP contribution in [0.3, 0.4) is 0 Å².